The smallest absolute Gasteiger partial charge is 0.407 e. The molecule has 0 aliphatic rings. The quantitative estimate of drug-likeness (QED) is 0.687. The average molecular weight is 333 g/mol. The lowest BCUT2D eigenvalue weighted by atomic mass is 10.1. The highest BCUT2D eigenvalue weighted by Gasteiger charge is 2.20. The molecule has 0 fully saturated rings. The first-order valence-electron chi connectivity index (χ1n) is 7.26. The largest absolute Gasteiger partial charge is 0.467 e. The highest BCUT2D eigenvalue weighted by Crippen LogP contribution is 2.16. The van der Waals surface area contributed by atoms with Gasteiger partial charge in [-0.3, -0.25) is 0 Å². The van der Waals surface area contributed by atoms with Gasteiger partial charge >= 0.3 is 12.1 Å². The molecular formula is C16H19N3O5. The van der Waals surface area contributed by atoms with Gasteiger partial charge in [-0.2, -0.15) is 0 Å². The predicted molar refractivity (Wildman–Crippen MR) is 84.2 cm³/mol. The minimum absolute atomic E-state index is 0.123. The van der Waals surface area contributed by atoms with E-state index in [9.17, 15) is 15.0 Å². The van der Waals surface area contributed by atoms with Gasteiger partial charge in [0.25, 0.3) is 0 Å². The van der Waals surface area contributed by atoms with Gasteiger partial charge in [0.05, 0.1) is 7.11 Å². The number of aliphatic hydroxyl groups is 2. The third kappa shape index (κ3) is 5.18. The number of aliphatic hydroxyl groups excluding tert-OH is 2. The predicted octanol–water partition coefficient (Wildman–Crippen LogP) is 0.806. The fourth-order valence-corrected chi connectivity index (χ4v) is 1.88. The minimum Gasteiger partial charge on any atom is -0.467 e. The molecule has 1 heterocycles. The first kappa shape index (κ1) is 17.6. The van der Waals surface area contributed by atoms with Crippen molar-refractivity contribution in [2.24, 2.45) is 0 Å². The summed E-state index contributed by atoms with van der Waals surface area (Å²) in [5.41, 5.74) is 1.16. The van der Waals surface area contributed by atoms with Gasteiger partial charge in [0.15, 0.2) is 0 Å². The molecular weight excluding hydrogens is 314 g/mol. The van der Waals surface area contributed by atoms with Crippen molar-refractivity contribution >= 4 is 6.09 Å². The molecule has 128 valence electrons. The van der Waals surface area contributed by atoms with Gasteiger partial charge in [-0.15, -0.1) is 0 Å². The second-order valence-electron chi connectivity index (χ2n) is 4.96. The van der Waals surface area contributed by atoms with Gasteiger partial charge in [-0.05, 0) is 5.56 Å². The number of amides is 1. The molecule has 0 saturated carbocycles. The van der Waals surface area contributed by atoms with Crippen molar-refractivity contribution in [2.75, 3.05) is 13.7 Å². The Balaban J connectivity index is 1.76. The number of aromatic nitrogens is 2. The zero-order valence-electron chi connectivity index (χ0n) is 13.1. The molecule has 2 atom stereocenters. The number of alkyl carbamates (subject to hydrolysis) is 1. The van der Waals surface area contributed by atoms with Crippen molar-refractivity contribution in [1.82, 2.24) is 15.3 Å². The van der Waals surface area contributed by atoms with Crippen LogP contribution in [0.3, 0.4) is 0 Å². The lowest BCUT2D eigenvalue weighted by molar-refractivity contribution is 0.0179. The van der Waals surface area contributed by atoms with E-state index in [0.717, 1.165) is 5.56 Å². The molecule has 1 amide bonds. The molecule has 0 bridgehead atoms. The molecule has 8 heteroatoms. The SMILES string of the molecule is COc1ncc(C(O)C(O)CNC(=O)OCc2ccccc2)cn1. The number of nitrogens with one attached hydrogen (secondary N) is 1. The normalized spacial score (nSPS) is 13.0. The van der Waals surface area contributed by atoms with E-state index in [2.05, 4.69) is 15.3 Å². The van der Waals surface area contributed by atoms with Crippen LogP contribution in [0.2, 0.25) is 0 Å². The van der Waals surface area contributed by atoms with Crippen LogP contribution >= 0.6 is 0 Å². The summed E-state index contributed by atoms with van der Waals surface area (Å²) in [6, 6.07) is 9.36. The summed E-state index contributed by atoms with van der Waals surface area (Å²) in [7, 11) is 1.42. The topological polar surface area (TPSA) is 114 Å². The van der Waals surface area contributed by atoms with Crippen LogP contribution < -0.4 is 10.1 Å². The molecule has 24 heavy (non-hydrogen) atoms. The molecule has 2 rings (SSSR count). The van der Waals surface area contributed by atoms with E-state index < -0.39 is 18.3 Å². The van der Waals surface area contributed by atoms with Crippen LogP contribution in [-0.4, -0.2) is 46.0 Å². The lowest BCUT2D eigenvalue weighted by Crippen LogP contribution is -2.35. The molecule has 1 aromatic carbocycles. The molecule has 8 nitrogen and oxygen atoms in total. The van der Waals surface area contributed by atoms with E-state index in [-0.39, 0.29) is 19.2 Å². The van der Waals surface area contributed by atoms with Crippen molar-refractivity contribution in [3.05, 3.63) is 53.9 Å². The highest BCUT2D eigenvalue weighted by atomic mass is 16.5. The number of carbonyl (C=O) groups is 1. The molecule has 0 aliphatic carbocycles. The zero-order valence-corrected chi connectivity index (χ0v) is 13.1. The van der Waals surface area contributed by atoms with E-state index in [1.54, 1.807) is 0 Å². The van der Waals surface area contributed by atoms with E-state index in [4.69, 9.17) is 9.47 Å². The van der Waals surface area contributed by atoms with Crippen LogP contribution in [0.5, 0.6) is 6.01 Å². The highest BCUT2D eigenvalue weighted by molar-refractivity contribution is 5.67. The zero-order chi connectivity index (χ0) is 17.4. The Morgan fingerprint density at radius 2 is 1.88 bits per heavy atom. The number of nitrogens with zero attached hydrogens (tertiary/aromatic N) is 2. The summed E-state index contributed by atoms with van der Waals surface area (Å²) >= 11 is 0. The van der Waals surface area contributed by atoms with Crippen molar-refractivity contribution in [3.63, 3.8) is 0 Å². The number of carbonyl (C=O) groups excluding carboxylic acids is 1. The summed E-state index contributed by atoms with van der Waals surface area (Å²) in [5, 5.41) is 22.3. The van der Waals surface area contributed by atoms with Gasteiger partial charge in [-0.1, -0.05) is 30.3 Å². The van der Waals surface area contributed by atoms with Gasteiger partial charge in [0.2, 0.25) is 0 Å². The Kier molecular flexibility index (Phi) is 6.47. The minimum atomic E-state index is -1.25. The van der Waals surface area contributed by atoms with Crippen LogP contribution in [0, 0.1) is 0 Å². The van der Waals surface area contributed by atoms with Crippen molar-refractivity contribution in [1.29, 1.82) is 0 Å². The molecule has 0 saturated heterocycles. The third-order valence-corrected chi connectivity index (χ3v) is 3.20. The monoisotopic (exact) mass is 333 g/mol. The summed E-state index contributed by atoms with van der Waals surface area (Å²) in [6.45, 7) is -0.0571. The van der Waals surface area contributed by atoms with E-state index in [1.165, 1.54) is 19.5 Å². The first-order valence-corrected chi connectivity index (χ1v) is 7.26. The molecule has 2 unspecified atom stereocenters. The maximum Gasteiger partial charge on any atom is 0.407 e. The number of hydrogen-bond acceptors (Lipinski definition) is 7. The third-order valence-electron chi connectivity index (χ3n) is 3.20. The Hall–Kier alpha value is -2.71. The van der Waals surface area contributed by atoms with Crippen LogP contribution in [0.1, 0.15) is 17.2 Å². The summed E-state index contributed by atoms with van der Waals surface area (Å²) in [5.74, 6) is 0. The lowest BCUT2D eigenvalue weighted by Gasteiger charge is -2.18. The summed E-state index contributed by atoms with van der Waals surface area (Å²) in [6.07, 6.45) is -0.478. The van der Waals surface area contributed by atoms with E-state index >= 15 is 0 Å². The van der Waals surface area contributed by atoms with Crippen LogP contribution in [0.25, 0.3) is 0 Å². The van der Waals surface area contributed by atoms with Crippen LogP contribution in [0.15, 0.2) is 42.7 Å². The number of ether oxygens (including phenoxy) is 2. The van der Waals surface area contributed by atoms with Gasteiger partial charge in [0, 0.05) is 24.5 Å². The molecule has 3 N–H and O–H groups in total. The standard InChI is InChI=1S/C16H19N3O5/c1-23-15-17-7-12(8-18-15)14(21)13(20)9-19-16(22)24-10-11-5-3-2-4-6-11/h2-8,13-14,20-21H,9-10H2,1H3,(H,19,22). The molecule has 0 radical (unpaired) electrons. The Bertz CT molecular complexity index is 636. The van der Waals surface area contributed by atoms with Gasteiger partial charge in [-0.25, -0.2) is 14.8 Å². The Morgan fingerprint density at radius 1 is 1.21 bits per heavy atom. The Labute approximate surface area is 139 Å². The van der Waals surface area contributed by atoms with Crippen LogP contribution in [0.4, 0.5) is 4.79 Å². The number of methoxy groups -OCH3 is 1. The van der Waals surface area contributed by atoms with Crippen molar-refractivity contribution < 1.29 is 24.5 Å². The van der Waals surface area contributed by atoms with Crippen LogP contribution in [-0.2, 0) is 11.3 Å². The average Bonchev–Trinajstić information content (AvgIpc) is 2.64. The number of hydrogen-bond donors (Lipinski definition) is 3. The second-order valence-corrected chi connectivity index (χ2v) is 4.96. The maximum atomic E-state index is 11.6. The van der Waals surface area contributed by atoms with Crippen molar-refractivity contribution in [2.45, 2.75) is 18.8 Å². The van der Waals surface area contributed by atoms with E-state index in [0.29, 0.717) is 5.56 Å². The molecule has 0 aliphatic heterocycles. The summed E-state index contributed by atoms with van der Waals surface area (Å²) < 4.78 is 9.82. The van der Waals surface area contributed by atoms with Gasteiger partial charge < -0.3 is 25.0 Å². The Morgan fingerprint density at radius 3 is 2.50 bits per heavy atom. The van der Waals surface area contributed by atoms with Crippen molar-refractivity contribution in [3.8, 4) is 6.01 Å². The molecule has 0 spiro atoms. The molecule has 2 aromatic rings. The molecule has 1 aromatic heterocycles. The fraction of sp³-hybridized carbons (Fsp3) is 0.312. The number of benzene rings is 1. The van der Waals surface area contributed by atoms with Gasteiger partial charge in [0.1, 0.15) is 18.8 Å². The van der Waals surface area contributed by atoms with E-state index in [1.807, 2.05) is 30.3 Å². The maximum absolute atomic E-state index is 11.6. The summed E-state index contributed by atoms with van der Waals surface area (Å²) in [4.78, 5) is 19.3. The second kappa shape index (κ2) is 8.80. The first-order chi connectivity index (χ1) is 11.6. The number of rotatable bonds is 7. The fourth-order valence-electron chi connectivity index (χ4n) is 1.88.